The molecular formula is C17H24O2. The Morgan fingerprint density at radius 3 is 2.74 bits per heavy atom. The van der Waals surface area contributed by atoms with Gasteiger partial charge in [-0.05, 0) is 37.0 Å². The molecule has 0 spiro atoms. The van der Waals surface area contributed by atoms with E-state index in [1.54, 1.807) is 0 Å². The van der Waals surface area contributed by atoms with E-state index in [1.165, 1.54) is 38.5 Å². The topological polar surface area (TPSA) is 29.5 Å². The lowest BCUT2D eigenvalue weighted by molar-refractivity contribution is -0.0266. The van der Waals surface area contributed by atoms with E-state index in [9.17, 15) is 5.11 Å². The molecule has 2 heterocycles. The number of aliphatic hydroxyl groups is 1. The van der Waals surface area contributed by atoms with Crippen molar-refractivity contribution in [1.29, 1.82) is 0 Å². The van der Waals surface area contributed by atoms with Crippen LogP contribution in [0.4, 0.5) is 0 Å². The predicted molar refractivity (Wildman–Crippen MR) is 72.5 cm³/mol. The quantitative estimate of drug-likeness (QED) is 0.735. The van der Waals surface area contributed by atoms with Crippen molar-refractivity contribution in [3.8, 4) is 0 Å². The Kier molecular flexibility index (Phi) is 2.18. The smallest absolute Gasteiger partial charge is 0.0879 e. The summed E-state index contributed by atoms with van der Waals surface area (Å²) in [5.74, 6) is 2.97. The molecular weight excluding hydrogens is 236 g/mol. The van der Waals surface area contributed by atoms with Crippen LogP contribution in [0.15, 0.2) is 12.2 Å². The minimum Gasteiger partial charge on any atom is -0.390 e. The van der Waals surface area contributed by atoms with Gasteiger partial charge in [-0.3, -0.25) is 0 Å². The Balaban J connectivity index is 1.60. The maximum Gasteiger partial charge on any atom is 0.0879 e. The third kappa shape index (κ3) is 1.18. The summed E-state index contributed by atoms with van der Waals surface area (Å²) < 4.78 is 6.30. The summed E-state index contributed by atoms with van der Waals surface area (Å²) in [4.78, 5) is 0. The minimum absolute atomic E-state index is 0.159. The number of fused-ring (bicyclic) bond motifs is 9. The molecule has 19 heavy (non-hydrogen) atoms. The normalized spacial score (nSPS) is 59.0. The predicted octanol–water partition coefficient (Wildman–Crippen LogP) is 2.91. The summed E-state index contributed by atoms with van der Waals surface area (Å²) in [5.41, 5.74) is 0.420. The van der Waals surface area contributed by atoms with Gasteiger partial charge in [0.1, 0.15) is 0 Å². The number of aliphatic hydroxyl groups excluding tert-OH is 1. The Bertz CT molecular complexity index is 425. The first-order valence-corrected chi connectivity index (χ1v) is 8.33. The van der Waals surface area contributed by atoms with Gasteiger partial charge in [-0.2, -0.15) is 0 Å². The van der Waals surface area contributed by atoms with E-state index in [4.69, 9.17) is 4.74 Å². The molecule has 0 aromatic carbocycles. The molecule has 4 bridgehead atoms. The monoisotopic (exact) mass is 260 g/mol. The van der Waals surface area contributed by atoms with E-state index in [0.29, 0.717) is 23.4 Å². The van der Waals surface area contributed by atoms with E-state index < -0.39 is 0 Å². The fourth-order valence-corrected chi connectivity index (χ4v) is 6.74. The van der Waals surface area contributed by atoms with Crippen LogP contribution in [0.1, 0.15) is 44.9 Å². The van der Waals surface area contributed by atoms with E-state index in [-0.39, 0.29) is 12.2 Å². The molecule has 0 radical (unpaired) electrons. The van der Waals surface area contributed by atoms with E-state index >= 15 is 0 Å². The summed E-state index contributed by atoms with van der Waals surface area (Å²) >= 11 is 0. The van der Waals surface area contributed by atoms with Crippen molar-refractivity contribution >= 4 is 0 Å². The van der Waals surface area contributed by atoms with Crippen LogP contribution in [-0.4, -0.2) is 23.4 Å². The van der Waals surface area contributed by atoms with Gasteiger partial charge in [-0.15, -0.1) is 0 Å². The van der Waals surface area contributed by atoms with E-state index in [1.807, 2.05) is 0 Å². The average molecular weight is 260 g/mol. The third-order valence-electron chi connectivity index (χ3n) is 7.18. The molecule has 2 heteroatoms. The molecule has 7 unspecified atom stereocenters. The van der Waals surface area contributed by atoms with Crippen molar-refractivity contribution in [1.82, 2.24) is 0 Å². The number of ether oxygens (including phenoxy) is 1. The van der Waals surface area contributed by atoms with Gasteiger partial charge in [0.05, 0.1) is 18.3 Å². The summed E-state index contributed by atoms with van der Waals surface area (Å²) in [7, 11) is 0. The first-order valence-electron chi connectivity index (χ1n) is 8.33. The molecule has 5 aliphatic rings. The van der Waals surface area contributed by atoms with Gasteiger partial charge < -0.3 is 9.84 Å². The van der Waals surface area contributed by atoms with Crippen LogP contribution in [0.25, 0.3) is 0 Å². The zero-order valence-electron chi connectivity index (χ0n) is 11.5. The lowest BCUT2D eigenvalue weighted by Crippen LogP contribution is -2.52. The largest absolute Gasteiger partial charge is 0.390 e. The molecule has 2 nitrogen and oxygen atoms in total. The highest BCUT2D eigenvalue weighted by Gasteiger charge is 2.72. The second kappa shape index (κ2) is 3.65. The molecule has 0 aromatic rings. The Morgan fingerprint density at radius 2 is 1.89 bits per heavy atom. The maximum absolute atomic E-state index is 10.3. The van der Waals surface area contributed by atoms with Crippen LogP contribution in [0.5, 0.6) is 0 Å². The molecule has 0 amide bonds. The Hall–Kier alpha value is -0.340. The van der Waals surface area contributed by atoms with Crippen molar-refractivity contribution in [3.05, 3.63) is 12.2 Å². The first-order chi connectivity index (χ1) is 9.31. The molecule has 5 rings (SSSR count). The van der Waals surface area contributed by atoms with Crippen LogP contribution >= 0.6 is 0 Å². The molecule has 2 aliphatic heterocycles. The van der Waals surface area contributed by atoms with Gasteiger partial charge in [0.2, 0.25) is 0 Å². The first kappa shape index (κ1) is 11.3. The average Bonchev–Trinajstić information content (AvgIpc) is 3.16. The maximum atomic E-state index is 10.3. The molecule has 0 aromatic heterocycles. The van der Waals surface area contributed by atoms with Gasteiger partial charge in [0.15, 0.2) is 0 Å². The van der Waals surface area contributed by atoms with Gasteiger partial charge >= 0.3 is 0 Å². The molecule has 1 N–H and O–H groups in total. The molecule has 2 saturated heterocycles. The highest BCUT2D eigenvalue weighted by Crippen LogP contribution is 2.71. The van der Waals surface area contributed by atoms with E-state index in [2.05, 4.69) is 12.2 Å². The van der Waals surface area contributed by atoms with Crippen molar-refractivity contribution < 1.29 is 9.84 Å². The number of hydrogen-bond acceptors (Lipinski definition) is 2. The van der Waals surface area contributed by atoms with Gasteiger partial charge in [0.25, 0.3) is 0 Å². The lowest BCUT2D eigenvalue weighted by Gasteiger charge is -2.50. The van der Waals surface area contributed by atoms with Crippen LogP contribution < -0.4 is 0 Å². The van der Waals surface area contributed by atoms with Crippen molar-refractivity contribution in [2.24, 2.45) is 29.1 Å². The third-order valence-corrected chi connectivity index (χ3v) is 7.18. The van der Waals surface area contributed by atoms with Crippen LogP contribution in [-0.2, 0) is 4.74 Å². The second-order valence-electron chi connectivity index (χ2n) is 7.64. The molecule has 2 saturated carbocycles. The number of hydrogen-bond donors (Lipinski definition) is 1. The van der Waals surface area contributed by atoms with E-state index in [0.717, 1.165) is 18.3 Å². The van der Waals surface area contributed by atoms with Crippen LogP contribution in [0, 0.1) is 29.1 Å². The van der Waals surface area contributed by atoms with Crippen molar-refractivity contribution in [2.75, 3.05) is 0 Å². The van der Waals surface area contributed by atoms with Crippen molar-refractivity contribution in [2.45, 2.75) is 63.3 Å². The molecule has 7 atom stereocenters. The zero-order valence-corrected chi connectivity index (χ0v) is 11.5. The summed E-state index contributed by atoms with van der Waals surface area (Å²) in [6.45, 7) is 0. The van der Waals surface area contributed by atoms with Crippen LogP contribution in [0.2, 0.25) is 0 Å². The highest BCUT2D eigenvalue weighted by atomic mass is 16.5. The minimum atomic E-state index is -0.181. The molecule has 4 fully saturated rings. The van der Waals surface area contributed by atoms with Crippen molar-refractivity contribution in [3.63, 3.8) is 0 Å². The number of rotatable bonds is 1. The van der Waals surface area contributed by atoms with Gasteiger partial charge in [-0.25, -0.2) is 0 Å². The highest BCUT2D eigenvalue weighted by molar-refractivity contribution is 5.28. The zero-order chi connectivity index (χ0) is 12.6. The van der Waals surface area contributed by atoms with Crippen LogP contribution in [0.3, 0.4) is 0 Å². The SMILES string of the molecule is OC1CC2OC1C1C3C=CC(C3)C21C1CCCCC1. The van der Waals surface area contributed by atoms with Gasteiger partial charge in [0, 0.05) is 17.8 Å². The summed E-state index contributed by atoms with van der Waals surface area (Å²) in [5, 5.41) is 10.3. The summed E-state index contributed by atoms with van der Waals surface area (Å²) in [6.07, 6.45) is 14.6. The number of allylic oxidation sites excluding steroid dienone is 2. The Morgan fingerprint density at radius 1 is 1.05 bits per heavy atom. The fourth-order valence-electron chi connectivity index (χ4n) is 6.74. The Labute approximate surface area is 115 Å². The molecule has 104 valence electrons. The van der Waals surface area contributed by atoms with Gasteiger partial charge in [-0.1, -0.05) is 31.4 Å². The fraction of sp³-hybridized carbons (Fsp3) is 0.882. The second-order valence-corrected chi connectivity index (χ2v) is 7.64. The standard InChI is InChI=1S/C17H24O2/c18-13-9-14-17(11-4-2-1-3-5-11)12-7-6-10(8-12)15(17)16(13)19-14/h6-7,10-16,18H,1-5,8-9H2. The lowest BCUT2D eigenvalue weighted by atomic mass is 9.52. The summed E-state index contributed by atoms with van der Waals surface area (Å²) in [6, 6.07) is 0. The molecule has 3 aliphatic carbocycles.